The van der Waals surface area contributed by atoms with Crippen molar-refractivity contribution in [1.82, 2.24) is 5.43 Å². The first kappa shape index (κ1) is 21.5. The number of benzene rings is 2. The molecule has 7 nitrogen and oxygen atoms in total. The molecule has 0 radical (unpaired) electrons. The maximum atomic E-state index is 12.3. The van der Waals surface area contributed by atoms with Gasteiger partial charge in [-0.2, -0.15) is 5.10 Å². The molecule has 2 aromatic carbocycles. The normalized spacial score (nSPS) is 11.0. The van der Waals surface area contributed by atoms with Crippen LogP contribution in [0.4, 0.5) is 5.69 Å². The fourth-order valence-corrected chi connectivity index (χ4v) is 2.50. The van der Waals surface area contributed by atoms with Crippen LogP contribution in [-0.2, 0) is 4.79 Å². The molecule has 148 valence electrons. The molecule has 0 saturated heterocycles. The molecule has 0 bridgehead atoms. The Balaban J connectivity index is 1.97. The summed E-state index contributed by atoms with van der Waals surface area (Å²) < 4.78 is 10.3. The van der Waals surface area contributed by atoms with Crippen molar-refractivity contribution in [2.75, 3.05) is 19.5 Å². The molecule has 0 heterocycles. The second kappa shape index (κ2) is 9.96. The number of hydrogen-bond acceptors (Lipinski definition) is 5. The van der Waals surface area contributed by atoms with E-state index in [1.54, 1.807) is 43.3 Å². The molecular formula is C19H19Cl2N3O4. The van der Waals surface area contributed by atoms with Gasteiger partial charge in [0.2, 0.25) is 5.91 Å². The van der Waals surface area contributed by atoms with Gasteiger partial charge in [-0.1, -0.05) is 23.2 Å². The number of amides is 2. The Morgan fingerprint density at radius 3 is 2.21 bits per heavy atom. The highest BCUT2D eigenvalue weighted by atomic mass is 35.5. The number of nitrogens with one attached hydrogen (secondary N) is 2. The molecule has 0 unspecified atom stereocenters. The number of hydrazone groups is 1. The molecule has 2 rings (SSSR count). The van der Waals surface area contributed by atoms with Crippen LogP contribution in [0.2, 0.25) is 10.0 Å². The van der Waals surface area contributed by atoms with Crippen LogP contribution in [0.1, 0.15) is 23.7 Å². The van der Waals surface area contributed by atoms with E-state index < -0.39 is 5.91 Å². The molecule has 0 fully saturated rings. The van der Waals surface area contributed by atoms with Gasteiger partial charge in [-0.15, -0.1) is 0 Å². The van der Waals surface area contributed by atoms with E-state index in [1.807, 2.05) is 0 Å². The fourth-order valence-electron chi connectivity index (χ4n) is 2.20. The molecule has 0 spiro atoms. The Labute approximate surface area is 172 Å². The monoisotopic (exact) mass is 423 g/mol. The van der Waals surface area contributed by atoms with E-state index in [0.29, 0.717) is 38.5 Å². The van der Waals surface area contributed by atoms with Gasteiger partial charge in [0.25, 0.3) is 5.91 Å². The predicted molar refractivity (Wildman–Crippen MR) is 110 cm³/mol. The van der Waals surface area contributed by atoms with E-state index in [2.05, 4.69) is 15.8 Å². The Hall–Kier alpha value is -2.77. The van der Waals surface area contributed by atoms with Crippen LogP contribution in [0.25, 0.3) is 0 Å². The molecule has 0 aliphatic carbocycles. The molecule has 28 heavy (non-hydrogen) atoms. The summed E-state index contributed by atoms with van der Waals surface area (Å²) in [4.78, 5) is 24.4. The van der Waals surface area contributed by atoms with Crippen LogP contribution in [-0.4, -0.2) is 31.7 Å². The summed E-state index contributed by atoms with van der Waals surface area (Å²) in [6.45, 7) is 1.63. The molecule has 2 N–H and O–H groups in total. The first-order valence-corrected chi connectivity index (χ1v) is 8.89. The van der Waals surface area contributed by atoms with Crippen molar-refractivity contribution in [2.24, 2.45) is 5.10 Å². The van der Waals surface area contributed by atoms with Gasteiger partial charge in [0.05, 0.1) is 30.7 Å². The minimum absolute atomic E-state index is 0.0119. The highest BCUT2D eigenvalue weighted by molar-refractivity contribution is 6.42. The van der Waals surface area contributed by atoms with Crippen LogP contribution >= 0.6 is 23.2 Å². The van der Waals surface area contributed by atoms with Gasteiger partial charge in [0.15, 0.2) is 0 Å². The van der Waals surface area contributed by atoms with Gasteiger partial charge in [-0.25, -0.2) is 5.43 Å². The quantitative estimate of drug-likeness (QED) is 0.517. The Morgan fingerprint density at radius 1 is 1.00 bits per heavy atom. The van der Waals surface area contributed by atoms with Gasteiger partial charge in [0.1, 0.15) is 11.5 Å². The number of ether oxygens (including phenoxy) is 2. The second-order valence-electron chi connectivity index (χ2n) is 5.74. The van der Waals surface area contributed by atoms with Crippen molar-refractivity contribution >= 4 is 46.4 Å². The zero-order valence-corrected chi connectivity index (χ0v) is 17.0. The lowest BCUT2D eigenvalue weighted by molar-refractivity contribution is -0.115. The molecule has 0 atom stereocenters. The van der Waals surface area contributed by atoms with Crippen molar-refractivity contribution in [1.29, 1.82) is 0 Å². The Kier molecular flexibility index (Phi) is 7.66. The van der Waals surface area contributed by atoms with Crippen LogP contribution in [0.15, 0.2) is 41.5 Å². The molecular weight excluding hydrogens is 405 g/mol. The average molecular weight is 424 g/mol. The van der Waals surface area contributed by atoms with Crippen molar-refractivity contribution in [2.45, 2.75) is 13.3 Å². The number of anilines is 1. The van der Waals surface area contributed by atoms with Crippen molar-refractivity contribution in [3.05, 3.63) is 52.0 Å². The molecule has 0 aliphatic heterocycles. The largest absolute Gasteiger partial charge is 0.497 e. The average Bonchev–Trinajstić information content (AvgIpc) is 2.68. The number of methoxy groups -OCH3 is 2. The minimum Gasteiger partial charge on any atom is -0.497 e. The summed E-state index contributed by atoms with van der Waals surface area (Å²) >= 11 is 11.8. The summed E-state index contributed by atoms with van der Waals surface area (Å²) in [6, 6.07) is 9.53. The number of carbonyl (C=O) groups is 2. The van der Waals surface area contributed by atoms with Gasteiger partial charge in [-0.05, 0) is 37.3 Å². The topological polar surface area (TPSA) is 89.0 Å². The summed E-state index contributed by atoms with van der Waals surface area (Å²) in [5.41, 5.74) is 3.65. The summed E-state index contributed by atoms with van der Waals surface area (Å²) in [7, 11) is 2.98. The molecule has 2 aromatic rings. The Bertz CT molecular complexity index is 894. The first-order valence-electron chi connectivity index (χ1n) is 8.14. The van der Waals surface area contributed by atoms with Crippen molar-refractivity contribution < 1.29 is 19.1 Å². The maximum absolute atomic E-state index is 12.3. The lowest BCUT2D eigenvalue weighted by Gasteiger charge is -2.08. The molecule has 0 saturated carbocycles. The summed E-state index contributed by atoms with van der Waals surface area (Å²) in [6.07, 6.45) is -0.0119. The smallest absolute Gasteiger partial charge is 0.271 e. The highest BCUT2D eigenvalue weighted by Crippen LogP contribution is 2.25. The number of halogens is 2. The maximum Gasteiger partial charge on any atom is 0.271 e. The molecule has 0 aromatic heterocycles. The number of hydrogen-bond donors (Lipinski definition) is 2. The van der Waals surface area contributed by atoms with Crippen LogP contribution < -0.4 is 20.2 Å². The van der Waals surface area contributed by atoms with Crippen LogP contribution in [0, 0.1) is 0 Å². The Morgan fingerprint density at radius 2 is 1.64 bits per heavy atom. The third-order valence-electron chi connectivity index (χ3n) is 3.58. The van der Waals surface area contributed by atoms with Gasteiger partial charge < -0.3 is 14.8 Å². The highest BCUT2D eigenvalue weighted by Gasteiger charge is 2.11. The van der Waals surface area contributed by atoms with E-state index in [4.69, 9.17) is 32.7 Å². The predicted octanol–water partition coefficient (Wildman–Crippen LogP) is 4.15. The summed E-state index contributed by atoms with van der Waals surface area (Å²) in [5.74, 6) is 0.191. The van der Waals surface area contributed by atoms with Gasteiger partial charge in [-0.3, -0.25) is 9.59 Å². The fraction of sp³-hybridized carbons (Fsp3) is 0.211. The van der Waals surface area contributed by atoms with Gasteiger partial charge >= 0.3 is 0 Å². The van der Waals surface area contributed by atoms with E-state index >= 15 is 0 Å². The van der Waals surface area contributed by atoms with Crippen molar-refractivity contribution in [3.63, 3.8) is 0 Å². The number of rotatable bonds is 7. The zero-order chi connectivity index (χ0) is 20.7. The summed E-state index contributed by atoms with van der Waals surface area (Å²) in [5, 5.41) is 7.37. The van der Waals surface area contributed by atoms with Gasteiger partial charge in [0, 0.05) is 23.0 Å². The van der Waals surface area contributed by atoms with E-state index in [1.165, 1.54) is 14.2 Å². The lowest BCUT2D eigenvalue weighted by Crippen LogP contribution is -2.21. The third kappa shape index (κ3) is 6.14. The standard InChI is InChI=1S/C19H19Cl2N3O4/c1-11(6-18(25)22-13-4-5-16(20)17(21)9-13)23-24-19(26)12-7-14(27-2)10-15(8-12)28-3/h4-5,7-10H,6H2,1-3H3,(H,22,25)(H,24,26)/b23-11+. The number of nitrogens with zero attached hydrogens (tertiary/aromatic N) is 1. The van der Waals surface area contributed by atoms with Crippen LogP contribution in [0.5, 0.6) is 11.5 Å². The minimum atomic E-state index is -0.457. The first-order chi connectivity index (χ1) is 13.3. The third-order valence-corrected chi connectivity index (χ3v) is 4.32. The SMILES string of the molecule is COc1cc(OC)cc(C(=O)N/N=C(\C)CC(=O)Nc2ccc(Cl)c(Cl)c2)c1. The second-order valence-corrected chi connectivity index (χ2v) is 6.56. The van der Waals surface area contributed by atoms with E-state index in [0.717, 1.165) is 0 Å². The van der Waals surface area contributed by atoms with E-state index in [9.17, 15) is 9.59 Å². The lowest BCUT2D eigenvalue weighted by atomic mass is 10.2. The van der Waals surface area contributed by atoms with Crippen molar-refractivity contribution in [3.8, 4) is 11.5 Å². The molecule has 0 aliphatic rings. The van der Waals surface area contributed by atoms with Crippen LogP contribution in [0.3, 0.4) is 0 Å². The molecule has 9 heteroatoms. The molecule has 2 amide bonds. The zero-order valence-electron chi connectivity index (χ0n) is 15.5. The number of carbonyl (C=O) groups excluding carboxylic acids is 2. The van der Waals surface area contributed by atoms with E-state index in [-0.39, 0.29) is 12.3 Å².